The van der Waals surface area contributed by atoms with Gasteiger partial charge < -0.3 is 0 Å². The predicted octanol–water partition coefficient (Wildman–Crippen LogP) is 4.95. The quantitative estimate of drug-likeness (QED) is 0.685. The van der Waals surface area contributed by atoms with Gasteiger partial charge in [0.1, 0.15) is 0 Å². The second kappa shape index (κ2) is 4.48. The smallest absolute Gasteiger partial charge is 0.0412 e. The first-order chi connectivity index (χ1) is 7.16. The first-order valence-corrected chi connectivity index (χ1v) is 5.61. The molecule has 0 atom stereocenters. The maximum Gasteiger partial charge on any atom is 0.0412 e. The molecule has 0 spiro atoms. The maximum atomic E-state index is 5.94. The molecule has 76 valence electrons. The van der Waals surface area contributed by atoms with E-state index in [2.05, 4.69) is 12.6 Å². The molecular formula is C12H8Cl2S. The highest BCUT2D eigenvalue weighted by molar-refractivity contribution is 7.80. The first kappa shape index (κ1) is 10.9. The van der Waals surface area contributed by atoms with Crippen LogP contribution in [-0.2, 0) is 0 Å². The Kier molecular flexibility index (Phi) is 3.25. The highest BCUT2D eigenvalue weighted by Crippen LogP contribution is 2.29. The summed E-state index contributed by atoms with van der Waals surface area (Å²) in [5.41, 5.74) is 2.08. The normalized spacial score (nSPS) is 10.3. The fraction of sp³-hybridized carbons (Fsp3) is 0. The molecule has 0 unspecified atom stereocenters. The van der Waals surface area contributed by atoms with Crippen LogP contribution in [0.5, 0.6) is 0 Å². The molecule has 2 rings (SSSR count). The van der Waals surface area contributed by atoms with Gasteiger partial charge in [0, 0.05) is 14.9 Å². The Morgan fingerprint density at radius 1 is 0.800 bits per heavy atom. The lowest BCUT2D eigenvalue weighted by Gasteiger charge is -2.05. The average Bonchev–Trinajstić information content (AvgIpc) is 2.23. The molecule has 0 amide bonds. The molecule has 0 fully saturated rings. The lowest BCUT2D eigenvalue weighted by atomic mass is 10.1. The van der Waals surface area contributed by atoms with E-state index in [1.807, 2.05) is 42.5 Å². The second-order valence-electron chi connectivity index (χ2n) is 3.17. The Bertz CT molecular complexity index is 477. The van der Waals surface area contributed by atoms with Crippen molar-refractivity contribution in [1.29, 1.82) is 0 Å². The van der Waals surface area contributed by atoms with Crippen LogP contribution in [0.3, 0.4) is 0 Å². The summed E-state index contributed by atoms with van der Waals surface area (Å²) in [6.45, 7) is 0. The number of halogens is 2. The molecule has 0 saturated carbocycles. The molecule has 0 aliphatic heterocycles. The van der Waals surface area contributed by atoms with Crippen molar-refractivity contribution in [1.82, 2.24) is 0 Å². The fourth-order valence-electron chi connectivity index (χ4n) is 1.37. The molecule has 3 heteroatoms. The summed E-state index contributed by atoms with van der Waals surface area (Å²) in [4.78, 5) is 0.904. The van der Waals surface area contributed by atoms with Gasteiger partial charge >= 0.3 is 0 Å². The molecule has 0 heterocycles. The van der Waals surface area contributed by atoms with Crippen molar-refractivity contribution < 1.29 is 0 Å². The lowest BCUT2D eigenvalue weighted by Crippen LogP contribution is -1.80. The largest absolute Gasteiger partial charge is 0.143 e. The van der Waals surface area contributed by atoms with Crippen molar-refractivity contribution in [2.24, 2.45) is 0 Å². The van der Waals surface area contributed by atoms with Gasteiger partial charge in [-0.3, -0.25) is 0 Å². The van der Waals surface area contributed by atoms with Gasteiger partial charge in [0.2, 0.25) is 0 Å². The summed E-state index contributed by atoms with van der Waals surface area (Å²) in [6, 6.07) is 13.2. The van der Waals surface area contributed by atoms with Crippen LogP contribution in [0.2, 0.25) is 10.0 Å². The zero-order chi connectivity index (χ0) is 10.8. The highest BCUT2D eigenvalue weighted by Gasteiger charge is 2.02. The Morgan fingerprint density at radius 3 is 2.07 bits per heavy atom. The summed E-state index contributed by atoms with van der Waals surface area (Å²) >= 11 is 16.2. The summed E-state index contributed by atoms with van der Waals surface area (Å²) in [6.07, 6.45) is 0. The van der Waals surface area contributed by atoms with E-state index in [4.69, 9.17) is 23.2 Å². The third-order valence-corrected chi connectivity index (χ3v) is 2.99. The van der Waals surface area contributed by atoms with Gasteiger partial charge in [0.25, 0.3) is 0 Å². The molecule has 2 aromatic carbocycles. The minimum absolute atomic E-state index is 0.706. The van der Waals surface area contributed by atoms with E-state index in [1.165, 1.54) is 0 Å². The molecule has 0 aliphatic rings. The van der Waals surface area contributed by atoms with Crippen molar-refractivity contribution in [3.05, 3.63) is 52.5 Å². The molecule has 0 N–H and O–H groups in total. The summed E-state index contributed by atoms with van der Waals surface area (Å²) < 4.78 is 0. The number of rotatable bonds is 1. The number of hydrogen-bond acceptors (Lipinski definition) is 1. The van der Waals surface area contributed by atoms with Crippen LogP contribution in [0.15, 0.2) is 47.4 Å². The van der Waals surface area contributed by atoms with E-state index in [9.17, 15) is 0 Å². The summed E-state index contributed by atoms with van der Waals surface area (Å²) in [5.74, 6) is 0. The molecule has 0 nitrogen and oxygen atoms in total. The molecule has 0 aromatic heterocycles. The fourth-order valence-corrected chi connectivity index (χ4v) is 1.94. The minimum Gasteiger partial charge on any atom is -0.143 e. The first-order valence-electron chi connectivity index (χ1n) is 4.41. The third kappa shape index (κ3) is 2.49. The molecule has 0 saturated heterocycles. The molecule has 2 aromatic rings. The van der Waals surface area contributed by atoms with Gasteiger partial charge in [0.05, 0.1) is 0 Å². The van der Waals surface area contributed by atoms with Crippen LogP contribution in [-0.4, -0.2) is 0 Å². The van der Waals surface area contributed by atoms with Crippen LogP contribution in [0, 0.1) is 0 Å². The standard InChI is InChI=1S/C12H8Cl2S/c13-9-3-1-8(2-4-9)11-7-10(14)5-6-12(11)15/h1-7,15H. The van der Waals surface area contributed by atoms with Crippen molar-refractivity contribution >= 4 is 35.8 Å². The monoisotopic (exact) mass is 254 g/mol. The van der Waals surface area contributed by atoms with Gasteiger partial charge in [-0.1, -0.05) is 35.3 Å². The van der Waals surface area contributed by atoms with Crippen molar-refractivity contribution in [3.8, 4) is 11.1 Å². The van der Waals surface area contributed by atoms with Gasteiger partial charge in [-0.25, -0.2) is 0 Å². The van der Waals surface area contributed by atoms with E-state index >= 15 is 0 Å². The number of hydrogen-bond donors (Lipinski definition) is 1. The molecular weight excluding hydrogens is 247 g/mol. The zero-order valence-corrected chi connectivity index (χ0v) is 10.2. The van der Waals surface area contributed by atoms with Crippen LogP contribution < -0.4 is 0 Å². The predicted molar refractivity (Wildman–Crippen MR) is 69.2 cm³/mol. The third-order valence-electron chi connectivity index (χ3n) is 2.11. The summed E-state index contributed by atoms with van der Waals surface area (Å²) in [5, 5.41) is 1.43. The SMILES string of the molecule is Sc1ccc(Cl)cc1-c1ccc(Cl)cc1. The lowest BCUT2D eigenvalue weighted by molar-refractivity contribution is 1.46. The maximum absolute atomic E-state index is 5.94. The Balaban J connectivity index is 2.53. The highest BCUT2D eigenvalue weighted by atomic mass is 35.5. The topological polar surface area (TPSA) is 0 Å². The molecule has 15 heavy (non-hydrogen) atoms. The van der Waals surface area contributed by atoms with Crippen LogP contribution in [0.1, 0.15) is 0 Å². The van der Waals surface area contributed by atoms with E-state index in [0.717, 1.165) is 21.0 Å². The van der Waals surface area contributed by atoms with E-state index in [0.29, 0.717) is 5.02 Å². The average molecular weight is 255 g/mol. The van der Waals surface area contributed by atoms with E-state index in [1.54, 1.807) is 0 Å². The van der Waals surface area contributed by atoms with Crippen LogP contribution in [0.25, 0.3) is 11.1 Å². The number of thiol groups is 1. The van der Waals surface area contributed by atoms with Gasteiger partial charge in [0.15, 0.2) is 0 Å². The molecule has 0 bridgehead atoms. The summed E-state index contributed by atoms with van der Waals surface area (Å²) in [7, 11) is 0. The Labute approximate surface area is 104 Å². The van der Waals surface area contributed by atoms with Crippen molar-refractivity contribution in [2.45, 2.75) is 4.90 Å². The Morgan fingerprint density at radius 2 is 1.40 bits per heavy atom. The number of benzene rings is 2. The van der Waals surface area contributed by atoms with Crippen molar-refractivity contribution in [2.75, 3.05) is 0 Å². The van der Waals surface area contributed by atoms with E-state index < -0.39 is 0 Å². The van der Waals surface area contributed by atoms with Gasteiger partial charge in [-0.15, -0.1) is 12.6 Å². The van der Waals surface area contributed by atoms with Crippen LogP contribution in [0.4, 0.5) is 0 Å². The molecule has 0 radical (unpaired) electrons. The second-order valence-corrected chi connectivity index (χ2v) is 4.52. The Hall–Kier alpha value is -0.630. The minimum atomic E-state index is 0.706. The van der Waals surface area contributed by atoms with E-state index in [-0.39, 0.29) is 0 Å². The van der Waals surface area contributed by atoms with Gasteiger partial charge in [-0.2, -0.15) is 0 Å². The zero-order valence-electron chi connectivity index (χ0n) is 7.74. The molecule has 0 aliphatic carbocycles. The van der Waals surface area contributed by atoms with Crippen LogP contribution >= 0.6 is 35.8 Å². The van der Waals surface area contributed by atoms with Gasteiger partial charge in [-0.05, 0) is 41.5 Å². The van der Waals surface area contributed by atoms with Crippen molar-refractivity contribution in [3.63, 3.8) is 0 Å².